The van der Waals surface area contributed by atoms with Gasteiger partial charge in [0.05, 0.1) is 16.2 Å². The van der Waals surface area contributed by atoms with Crippen molar-refractivity contribution < 1.29 is 4.79 Å². The van der Waals surface area contributed by atoms with Crippen molar-refractivity contribution in [3.8, 4) is 11.3 Å². The van der Waals surface area contributed by atoms with Gasteiger partial charge in [0.1, 0.15) is 6.54 Å². The van der Waals surface area contributed by atoms with E-state index in [0.717, 1.165) is 53.8 Å². The molecule has 2 aromatic carbocycles. The number of carbonyl (C=O) groups excluding carboxylic acids is 1. The highest BCUT2D eigenvalue weighted by Crippen LogP contribution is 2.36. The number of aromatic nitrogens is 2. The summed E-state index contributed by atoms with van der Waals surface area (Å²) in [6.45, 7) is 1.94. The van der Waals surface area contributed by atoms with Crippen molar-refractivity contribution in [2.45, 2.75) is 19.4 Å². The molecule has 2 N–H and O–H groups in total. The Kier molecular flexibility index (Phi) is 5.71. The molecule has 8 heteroatoms. The highest BCUT2D eigenvalue weighted by Gasteiger charge is 2.23. The van der Waals surface area contributed by atoms with Gasteiger partial charge in [-0.25, -0.2) is 4.98 Å². The predicted molar refractivity (Wildman–Crippen MR) is 128 cm³/mol. The molecule has 0 saturated carbocycles. The van der Waals surface area contributed by atoms with Gasteiger partial charge in [0, 0.05) is 40.0 Å². The summed E-state index contributed by atoms with van der Waals surface area (Å²) in [6.07, 6.45) is 1.70. The van der Waals surface area contributed by atoms with E-state index in [2.05, 4.69) is 20.2 Å². The van der Waals surface area contributed by atoms with Crippen LogP contribution in [-0.2, 0) is 24.2 Å². The number of benzene rings is 2. The number of amides is 1. The summed E-state index contributed by atoms with van der Waals surface area (Å²) < 4.78 is 2.05. The third-order valence-electron chi connectivity index (χ3n) is 5.51. The number of carbonyl (C=O) groups is 1. The van der Waals surface area contributed by atoms with Gasteiger partial charge in [-0.05, 0) is 30.7 Å². The Morgan fingerprint density at radius 1 is 1.16 bits per heavy atom. The largest absolute Gasteiger partial charge is 0.335 e. The third-order valence-corrected chi connectivity index (χ3v) is 6.79. The SMILES string of the molecule is O=C(Cn1c2c(c3c(Cl)cc(Cl)cc31)CCNCC2)Nc1nc(-c2ccccc2)cs1. The van der Waals surface area contributed by atoms with Crippen molar-refractivity contribution in [3.63, 3.8) is 0 Å². The molecule has 0 saturated heterocycles. The van der Waals surface area contributed by atoms with Gasteiger partial charge in [0.25, 0.3) is 0 Å². The minimum Gasteiger partial charge on any atom is -0.335 e. The molecule has 31 heavy (non-hydrogen) atoms. The van der Waals surface area contributed by atoms with E-state index in [-0.39, 0.29) is 12.5 Å². The molecule has 0 aliphatic carbocycles. The van der Waals surface area contributed by atoms with Gasteiger partial charge in [0.2, 0.25) is 5.91 Å². The number of anilines is 1. The summed E-state index contributed by atoms with van der Waals surface area (Å²) in [7, 11) is 0. The first kappa shape index (κ1) is 20.5. The van der Waals surface area contributed by atoms with E-state index in [1.54, 1.807) is 6.07 Å². The number of hydrogen-bond acceptors (Lipinski definition) is 4. The van der Waals surface area contributed by atoms with Gasteiger partial charge in [-0.15, -0.1) is 11.3 Å². The first-order valence-corrected chi connectivity index (χ1v) is 11.7. The van der Waals surface area contributed by atoms with E-state index < -0.39 is 0 Å². The molecule has 1 aliphatic heterocycles. The lowest BCUT2D eigenvalue weighted by Gasteiger charge is -2.11. The second kappa shape index (κ2) is 8.63. The van der Waals surface area contributed by atoms with Gasteiger partial charge < -0.3 is 15.2 Å². The molecule has 1 aliphatic rings. The maximum absolute atomic E-state index is 13.0. The summed E-state index contributed by atoms with van der Waals surface area (Å²) in [6, 6.07) is 13.6. The zero-order valence-corrected chi connectivity index (χ0v) is 18.9. The van der Waals surface area contributed by atoms with Crippen LogP contribution >= 0.6 is 34.5 Å². The van der Waals surface area contributed by atoms with Gasteiger partial charge in [0.15, 0.2) is 5.13 Å². The first-order valence-electron chi connectivity index (χ1n) is 10.1. The van der Waals surface area contributed by atoms with Crippen LogP contribution in [0.25, 0.3) is 22.2 Å². The molecule has 1 amide bonds. The molecule has 158 valence electrons. The number of hydrogen-bond donors (Lipinski definition) is 2. The average Bonchev–Trinajstić information content (AvgIpc) is 3.23. The van der Waals surface area contributed by atoms with E-state index >= 15 is 0 Å². The molecule has 2 aromatic heterocycles. The molecule has 0 radical (unpaired) electrons. The summed E-state index contributed by atoms with van der Waals surface area (Å²) >= 11 is 14.3. The van der Waals surface area contributed by atoms with Crippen LogP contribution in [0.1, 0.15) is 11.3 Å². The molecule has 0 bridgehead atoms. The maximum atomic E-state index is 13.0. The van der Waals surface area contributed by atoms with Crippen LogP contribution in [0.3, 0.4) is 0 Å². The van der Waals surface area contributed by atoms with Crippen molar-refractivity contribution in [2.24, 2.45) is 0 Å². The number of halogens is 2. The standard InChI is InChI=1S/C23H20Cl2N4OS/c24-15-10-17(25)22-16-6-8-26-9-7-19(16)29(20(22)11-15)12-21(30)28-23-27-18(13-31-23)14-4-2-1-3-5-14/h1-5,10-11,13,26H,6-9,12H2,(H,27,28,30). The molecule has 0 unspecified atom stereocenters. The molecule has 3 heterocycles. The maximum Gasteiger partial charge on any atom is 0.246 e. The number of fused-ring (bicyclic) bond motifs is 3. The smallest absolute Gasteiger partial charge is 0.246 e. The molecule has 0 fully saturated rings. The van der Waals surface area contributed by atoms with Gasteiger partial charge >= 0.3 is 0 Å². The highest BCUT2D eigenvalue weighted by atomic mass is 35.5. The zero-order chi connectivity index (χ0) is 21.4. The van der Waals surface area contributed by atoms with E-state index in [4.69, 9.17) is 23.2 Å². The molecule has 5 nitrogen and oxygen atoms in total. The topological polar surface area (TPSA) is 59.0 Å². The highest BCUT2D eigenvalue weighted by molar-refractivity contribution is 7.14. The molecular formula is C23H20Cl2N4OS. The van der Waals surface area contributed by atoms with E-state index in [9.17, 15) is 4.79 Å². The normalized spacial score (nSPS) is 13.7. The fraction of sp³-hybridized carbons (Fsp3) is 0.217. The monoisotopic (exact) mass is 470 g/mol. The van der Waals surface area contributed by atoms with Crippen molar-refractivity contribution >= 4 is 56.5 Å². The predicted octanol–water partition coefficient (Wildman–Crippen LogP) is 5.40. The molecule has 4 aromatic rings. The lowest BCUT2D eigenvalue weighted by Crippen LogP contribution is -2.21. The summed E-state index contributed by atoms with van der Waals surface area (Å²) in [5, 5.41) is 11.1. The summed E-state index contributed by atoms with van der Waals surface area (Å²) in [5.74, 6) is -0.123. The Balaban J connectivity index is 1.45. The Hall–Kier alpha value is -2.38. The first-order chi connectivity index (χ1) is 15.1. The quantitative estimate of drug-likeness (QED) is 0.419. The van der Waals surface area contributed by atoms with Crippen LogP contribution in [0.4, 0.5) is 5.13 Å². The Morgan fingerprint density at radius 3 is 2.81 bits per heavy atom. The zero-order valence-electron chi connectivity index (χ0n) is 16.6. The molecule has 0 spiro atoms. The van der Waals surface area contributed by atoms with Crippen molar-refractivity contribution in [3.05, 3.63) is 69.1 Å². The van der Waals surface area contributed by atoms with Crippen LogP contribution in [0, 0.1) is 0 Å². The van der Waals surface area contributed by atoms with Crippen molar-refractivity contribution in [1.82, 2.24) is 14.9 Å². The van der Waals surface area contributed by atoms with Gasteiger partial charge in [-0.1, -0.05) is 53.5 Å². The van der Waals surface area contributed by atoms with Crippen LogP contribution in [0.5, 0.6) is 0 Å². The third kappa shape index (κ3) is 4.08. The Bertz CT molecular complexity index is 1270. The van der Waals surface area contributed by atoms with Crippen LogP contribution in [0.15, 0.2) is 47.8 Å². The van der Waals surface area contributed by atoms with E-state index in [0.29, 0.717) is 15.2 Å². The fourth-order valence-electron chi connectivity index (χ4n) is 4.18. The summed E-state index contributed by atoms with van der Waals surface area (Å²) in [5.41, 5.74) is 5.13. The van der Waals surface area contributed by atoms with Gasteiger partial charge in [-0.2, -0.15) is 0 Å². The molecular weight excluding hydrogens is 451 g/mol. The molecule has 0 atom stereocenters. The van der Waals surface area contributed by atoms with E-state index in [1.165, 1.54) is 16.9 Å². The van der Waals surface area contributed by atoms with Crippen LogP contribution in [0.2, 0.25) is 10.0 Å². The van der Waals surface area contributed by atoms with Crippen molar-refractivity contribution in [1.29, 1.82) is 0 Å². The van der Waals surface area contributed by atoms with Crippen LogP contribution < -0.4 is 10.6 Å². The minimum atomic E-state index is -0.123. The molecule has 5 rings (SSSR count). The van der Waals surface area contributed by atoms with E-state index in [1.807, 2.05) is 41.8 Å². The summed E-state index contributed by atoms with van der Waals surface area (Å²) in [4.78, 5) is 17.5. The van der Waals surface area contributed by atoms with Gasteiger partial charge in [-0.3, -0.25) is 4.79 Å². The number of rotatable bonds is 4. The second-order valence-corrected chi connectivity index (χ2v) is 9.20. The average molecular weight is 471 g/mol. The fourth-order valence-corrected chi connectivity index (χ4v) is 5.51. The lowest BCUT2D eigenvalue weighted by molar-refractivity contribution is -0.116. The number of nitrogens with one attached hydrogen (secondary N) is 2. The second-order valence-electron chi connectivity index (χ2n) is 7.50. The Labute approximate surface area is 194 Å². The number of thiazole rings is 1. The van der Waals surface area contributed by atoms with Crippen molar-refractivity contribution in [2.75, 3.05) is 18.4 Å². The minimum absolute atomic E-state index is 0.123. The number of nitrogens with zero attached hydrogens (tertiary/aromatic N) is 2. The lowest BCUT2D eigenvalue weighted by atomic mass is 10.1. The van der Waals surface area contributed by atoms with Crippen LogP contribution in [-0.4, -0.2) is 28.5 Å². The Morgan fingerprint density at radius 2 is 1.97 bits per heavy atom.